The van der Waals surface area contributed by atoms with Crippen LogP contribution in [0.2, 0.25) is 0 Å². The highest BCUT2D eigenvalue weighted by Gasteiger charge is 2.38. The van der Waals surface area contributed by atoms with E-state index in [9.17, 15) is 0 Å². The monoisotopic (exact) mass is 205 g/mol. The maximum Gasteiger partial charge on any atom is 0.102 e. The van der Waals surface area contributed by atoms with Crippen molar-refractivity contribution < 1.29 is 5.21 Å². The van der Waals surface area contributed by atoms with Crippen LogP contribution in [-0.2, 0) is 0 Å². The molecule has 0 radical (unpaired) electrons. The van der Waals surface area contributed by atoms with Gasteiger partial charge in [0.2, 0.25) is 0 Å². The molecule has 0 atom stereocenters. The van der Waals surface area contributed by atoms with Crippen LogP contribution < -0.4 is 0 Å². The highest BCUT2D eigenvalue weighted by atomic mass is 32.2. The van der Waals surface area contributed by atoms with Crippen LogP contribution in [-0.4, -0.2) is 26.5 Å². The van der Waals surface area contributed by atoms with Crippen LogP contribution >= 0.6 is 23.5 Å². The Bertz CT molecular complexity index is 176. The summed E-state index contributed by atoms with van der Waals surface area (Å²) in [6.07, 6.45) is 1.90. The molecule has 70 valence electrons. The Morgan fingerprint density at radius 2 is 2.00 bits per heavy atom. The van der Waals surface area contributed by atoms with Crippen molar-refractivity contribution >= 4 is 29.2 Å². The van der Waals surface area contributed by atoms with Crippen LogP contribution in [0.15, 0.2) is 5.16 Å². The van der Waals surface area contributed by atoms with Crippen molar-refractivity contribution in [3.05, 3.63) is 0 Å². The molecule has 1 rings (SSSR count). The summed E-state index contributed by atoms with van der Waals surface area (Å²) in [5.74, 6) is 2.36. The SMILES string of the molecule is CCC(=NO)C1(CC)SCCS1. The first-order valence-electron chi connectivity index (χ1n) is 4.28. The zero-order valence-electron chi connectivity index (χ0n) is 7.54. The van der Waals surface area contributed by atoms with Crippen LogP contribution in [0.5, 0.6) is 0 Å². The topological polar surface area (TPSA) is 32.6 Å². The molecular weight excluding hydrogens is 190 g/mol. The summed E-state index contributed by atoms with van der Waals surface area (Å²) in [6, 6.07) is 0. The maximum atomic E-state index is 8.84. The fourth-order valence-electron chi connectivity index (χ4n) is 1.45. The second-order valence-electron chi connectivity index (χ2n) is 2.70. The second-order valence-corrected chi connectivity index (χ2v) is 5.75. The Hall–Kier alpha value is 0.170. The third-order valence-corrected chi connectivity index (χ3v) is 5.88. The fourth-order valence-corrected chi connectivity index (χ4v) is 4.72. The van der Waals surface area contributed by atoms with Gasteiger partial charge in [-0.2, -0.15) is 0 Å². The Labute approximate surface area is 82.2 Å². The highest BCUT2D eigenvalue weighted by Crippen LogP contribution is 2.47. The van der Waals surface area contributed by atoms with Gasteiger partial charge in [0.1, 0.15) is 4.08 Å². The number of rotatable bonds is 3. The van der Waals surface area contributed by atoms with Crippen LogP contribution in [0.25, 0.3) is 0 Å². The van der Waals surface area contributed by atoms with Crippen molar-refractivity contribution in [1.29, 1.82) is 0 Å². The fraction of sp³-hybridized carbons (Fsp3) is 0.875. The summed E-state index contributed by atoms with van der Waals surface area (Å²) < 4.78 is 0.0868. The van der Waals surface area contributed by atoms with E-state index in [1.165, 1.54) is 11.5 Å². The summed E-state index contributed by atoms with van der Waals surface area (Å²) in [7, 11) is 0. The molecule has 0 amide bonds. The number of hydrogen-bond donors (Lipinski definition) is 1. The van der Waals surface area contributed by atoms with Gasteiger partial charge >= 0.3 is 0 Å². The van der Waals surface area contributed by atoms with E-state index in [0.29, 0.717) is 0 Å². The summed E-state index contributed by atoms with van der Waals surface area (Å²) in [4.78, 5) is 0. The van der Waals surface area contributed by atoms with Crippen molar-refractivity contribution in [2.45, 2.75) is 30.8 Å². The average Bonchev–Trinajstić information content (AvgIpc) is 2.56. The van der Waals surface area contributed by atoms with Gasteiger partial charge in [-0.05, 0) is 12.8 Å². The zero-order valence-corrected chi connectivity index (χ0v) is 9.17. The van der Waals surface area contributed by atoms with E-state index in [2.05, 4.69) is 12.1 Å². The summed E-state index contributed by atoms with van der Waals surface area (Å²) in [5.41, 5.74) is 0.942. The average molecular weight is 205 g/mol. The van der Waals surface area contributed by atoms with E-state index in [0.717, 1.165) is 18.6 Å². The molecule has 1 saturated heterocycles. The minimum Gasteiger partial charge on any atom is -0.411 e. The minimum absolute atomic E-state index is 0.0868. The van der Waals surface area contributed by atoms with E-state index >= 15 is 0 Å². The maximum absolute atomic E-state index is 8.84. The first-order valence-corrected chi connectivity index (χ1v) is 6.25. The number of nitrogens with zero attached hydrogens (tertiary/aromatic N) is 1. The molecule has 12 heavy (non-hydrogen) atoms. The lowest BCUT2D eigenvalue weighted by atomic mass is 10.1. The summed E-state index contributed by atoms with van der Waals surface area (Å²) in [5, 5.41) is 12.3. The van der Waals surface area contributed by atoms with Crippen molar-refractivity contribution in [3.8, 4) is 0 Å². The lowest BCUT2D eigenvalue weighted by molar-refractivity contribution is 0.316. The largest absolute Gasteiger partial charge is 0.411 e. The van der Waals surface area contributed by atoms with Gasteiger partial charge in [0, 0.05) is 11.5 Å². The molecule has 0 aromatic carbocycles. The predicted octanol–water partition coefficient (Wildman–Crippen LogP) is 2.81. The van der Waals surface area contributed by atoms with Crippen molar-refractivity contribution in [3.63, 3.8) is 0 Å². The highest BCUT2D eigenvalue weighted by molar-refractivity contribution is 8.22. The minimum atomic E-state index is 0.0868. The molecule has 0 unspecified atom stereocenters. The summed E-state index contributed by atoms with van der Waals surface area (Å²) in [6.45, 7) is 4.21. The molecule has 0 aromatic rings. The van der Waals surface area contributed by atoms with Gasteiger partial charge < -0.3 is 5.21 Å². The van der Waals surface area contributed by atoms with Gasteiger partial charge in [-0.15, -0.1) is 23.5 Å². The van der Waals surface area contributed by atoms with Gasteiger partial charge in [-0.3, -0.25) is 0 Å². The van der Waals surface area contributed by atoms with Crippen LogP contribution in [0, 0.1) is 0 Å². The Kier molecular flexibility index (Phi) is 3.77. The molecule has 4 heteroatoms. The van der Waals surface area contributed by atoms with Crippen LogP contribution in [0.3, 0.4) is 0 Å². The molecular formula is C8H15NOS2. The van der Waals surface area contributed by atoms with Gasteiger partial charge in [0.05, 0.1) is 5.71 Å². The number of thioether (sulfide) groups is 2. The molecule has 0 aliphatic carbocycles. The molecule has 1 fully saturated rings. The second kappa shape index (κ2) is 4.42. The first-order chi connectivity index (χ1) is 5.79. The molecule has 0 bridgehead atoms. The third-order valence-electron chi connectivity index (χ3n) is 2.11. The van der Waals surface area contributed by atoms with Crippen LogP contribution in [0.4, 0.5) is 0 Å². The Morgan fingerprint density at radius 3 is 2.33 bits per heavy atom. The number of oxime groups is 1. The number of hydrogen-bond acceptors (Lipinski definition) is 4. The van der Waals surface area contributed by atoms with Crippen molar-refractivity contribution in [2.75, 3.05) is 11.5 Å². The lowest BCUT2D eigenvalue weighted by Crippen LogP contribution is -2.28. The summed E-state index contributed by atoms with van der Waals surface area (Å²) >= 11 is 3.84. The van der Waals surface area contributed by atoms with Gasteiger partial charge in [-0.25, -0.2) is 0 Å². The molecule has 1 N–H and O–H groups in total. The molecule has 0 saturated carbocycles. The van der Waals surface area contributed by atoms with E-state index in [4.69, 9.17) is 5.21 Å². The lowest BCUT2D eigenvalue weighted by Gasteiger charge is -2.25. The van der Waals surface area contributed by atoms with E-state index in [-0.39, 0.29) is 4.08 Å². The normalized spacial score (nSPS) is 23.0. The van der Waals surface area contributed by atoms with Gasteiger partial charge in [0.15, 0.2) is 0 Å². The molecule has 2 nitrogen and oxygen atoms in total. The van der Waals surface area contributed by atoms with Gasteiger partial charge in [0.25, 0.3) is 0 Å². The van der Waals surface area contributed by atoms with E-state index < -0.39 is 0 Å². The van der Waals surface area contributed by atoms with E-state index in [1.807, 2.05) is 30.4 Å². The zero-order chi connectivity index (χ0) is 9.03. The quantitative estimate of drug-likeness (QED) is 0.437. The van der Waals surface area contributed by atoms with E-state index in [1.54, 1.807) is 0 Å². The molecule has 0 aromatic heterocycles. The third kappa shape index (κ3) is 1.74. The molecule has 1 aliphatic heterocycles. The molecule has 1 aliphatic rings. The van der Waals surface area contributed by atoms with Crippen LogP contribution in [0.1, 0.15) is 26.7 Å². The van der Waals surface area contributed by atoms with Gasteiger partial charge in [-0.1, -0.05) is 19.0 Å². The molecule has 1 heterocycles. The Balaban J connectivity index is 2.77. The van der Waals surface area contributed by atoms with Crippen molar-refractivity contribution in [1.82, 2.24) is 0 Å². The Morgan fingerprint density at radius 1 is 1.42 bits per heavy atom. The first kappa shape index (κ1) is 10.3. The van der Waals surface area contributed by atoms with Crippen molar-refractivity contribution in [2.24, 2.45) is 5.16 Å². The smallest absolute Gasteiger partial charge is 0.102 e. The molecule has 0 spiro atoms. The standard InChI is InChI=1S/C8H15NOS2/c1-3-7(9-10)8(4-2)11-5-6-12-8/h10H,3-6H2,1-2H3. The predicted molar refractivity (Wildman–Crippen MR) is 57.5 cm³/mol.